The molecule has 1 aliphatic heterocycles. The lowest BCUT2D eigenvalue weighted by Gasteiger charge is -2.32. The molecule has 1 aromatic carbocycles. The Bertz CT molecular complexity index is 352. The zero-order chi connectivity index (χ0) is 13.5. The van der Waals surface area contributed by atoms with E-state index in [1.165, 1.54) is 31.6 Å². The topological polar surface area (TPSA) is 18.5 Å². The highest BCUT2D eigenvalue weighted by atomic mass is 15.2. The van der Waals surface area contributed by atoms with Gasteiger partial charge in [-0.25, -0.2) is 0 Å². The average Bonchev–Trinajstić information content (AvgIpc) is 2.44. The van der Waals surface area contributed by atoms with Crippen LogP contribution in [-0.4, -0.2) is 62.7 Å². The molecule has 0 bridgehead atoms. The third-order valence-electron chi connectivity index (χ3n) is 3.94. The molecule has 0 saturated carbocycles. The number of hydrogen-bond donors (Lipinski definition) is 1. The van der Waals surface area contributed by atoms with Crippen LogP contribution in [0.15, 0.2) is 30.3 Å². The molecule has 19 heavy (non-hydrogen) atoms. The van der Waals surface area contributed by atoms with Gasteiger partial charge in [0, 0.05) is 32.2 Å². The van der Waals surface area contributed by atoms with Crippen LogP contribution < -0.4 is 5.32 Å². The lowest BCUT2D eigenvalue weighted by atomic mass is 10.1. The fourth-order valence-corrected chi connectivity index (χ4v) is 2.64. The van der Waals surface area contributed by atoms with Gasteiger partial charge in [0.2, 0.25) is 0 Å². The Labute approximate surface area is 117 Å². The van der Waals surface area contributed by atoms with Gasteiger partial charge in [-0.05, 0) is 39.0 Å². The van der Waals surface area contributed by atoms with Crippen molar-refractivity contribution in [3.63, 3.8) is 0 Å². The predicted molar refractivity (Wildman–Crippen MR) is 81.5 cm³/mol. The Morgan fingerprint density at radius 3 is 2.79 bits per heavy atom. The zero-order valence-corrected chi connectivity index (χ0v) is 12.3. The van der Waals surface area contributed by atoms with Crippen molar-refractivity contribution < 1.29 is 0 Å². The number of likely N-dealkylation sites (N-methyl/N-ethyl adjacent to an activating group) is 2. The van der Waals surface area contributed by atoms with Crippen LogP contribution in [-0.2, 0) is 6.42 Å². The molecule has 1 fully saturated rings. The predicted octanol–water partition coefficient (Wildman–Crippen LogP) is 1.45. The van der Waals surface area contributed by atoms with Gasteiger partial charge in [0.25, 0.3) is 0 Å². The normalized spacial score (nSPS) is 20.9. The van der Waals surface area contributed by atoms with Gasteiger partial charge in [-0.15, -0.1) is 0 Å². The average molecular weight is 261 g/mol. The van der Waals surface area contributed by atoms with Crippen LogP contribution >= 0.6 is 0 Å². The van der Waals surface area contributed by atoms with Crippen molar-refractivity contribution in [2.45, 2.75) is 18.9 Å². The van der Waals surface area contributed by atoms with Crippen LogP contribution in [0.2, 0.25) is 0 Å². The second-order valence-corrected chi connectivity index (χ2v) is 5.74. The summed E-state index contributed by atoms with van der Waals surface area (Å²) in [6.45, 7) is 5.83. The van der Waals surface area contributed by atoms with Gasteiger partial charge in [0.15, 0.2) is 0 Å². The first kappa shape index (κ1) is 14.5. The molecule has 1 atom stereocenters. The Morgan fingerprint density at radius 2 is 2.05 bits per heavy atom. The summed E-state index contributed by atoms with van der Waals surface area (Å²) in [6.07, 6.45) is 2.39. The molecule has 0 aliphatic carbocycles. The Kier molecular flexibility index (Phi) is 5.83. The Morgan fingerprint density at radius 1 is 1.26 bits per heavy atom. The van der Waals surface area contributed by atoms with Gasteiger partial charge in [0.05, 0.1) is 0 Å². The molecular formula is C16H27N3. The first-order valence-electron chi connectivity index (χ1n) is 7.38. The van der Waals surface area contributed by atoms with Crippen molar-refractivity contribution in [2.75, 3.05) is 46.8 Å². The highest BCUT2D eigenvalue weighted by Crippen LogP contribution is 2.04. The maximum absolute atomic E-state index is 3.61. The fraction of sp³-hybridized carbons (Fsp3) is 0.625. The van der Waals surface area contributed by atoms with Gasteiger partial charge in [-0.3, -0.25) is 0 Å². The summed E-state index contributed by atoms with van der Waals surface area (Å²) in [5.74, 6) is 0. The number of rotatable bonds is 6. The van der Waals surface area contributed by atoms with Crippen LogP contribution in [0, 0.1) is 0 Å². The molecule has 0 amide bonds. The maximum atomic E-state index is 3.61. The number of nitrogens with one attached hydrogen (secondary N) is 1. The highest BCUT2D eigenvalue weighted by Gasteiger charge is 2.16. The largest absolute Gasteiger partial charge is 0.311 e. The van der Waals surface area contributed by atoms with Crippen molar-refractivity contribution in [3.05, 3.63) is 35.9 Å². The van der Waals surface area contributed by atoms with Gasteiger partial charge in [-0.1, -0.05) is 30.3 Å². The summed E-state index contributed by atoms with van der Waals surface area (Å²) in [4.78, 5) is 4.87. The SMILES string of the molecule is CN(CCc1ccccc1)CCC1CN(C)CCN1. The molecule has 1 N–H and O–H groups in total. The molecule has 1 aromatic rings. The standard InChI is InChI=1S/C16H27N3/c1-18(11-8-15-6-4-3-5-7-15)12-9-16-14-19(2)13-10-17-16/h3-7,16-17H,8-14H2,1-2H3. The van der Waals surface area contributed by atoms with Gasteiger partial charge >= 0.3 is 0 Å². The molecule has 0 aromatic heterocycles. The van der Waals surface area contributed by atoms with Gasteiger partial charge in [-0.2, -0.15) is 0 Å². The van der Waals surface area contributed by atoms with E-state index in [0.717, 1.165) is 19.5 Å². The van der Waals surface area contributed by atoms with Crippen LogP contribution in [0.25, 0.3) is 0 Å². The molecular weight excluding hydrogens is 234 g/mol. The molecule has 1 saturated heterocycles. The molecule has 3 heteroatoms. The van der Waals surface area contributed by atoms with Gasteiger partial charge in [0.1, 0.15) is 0 Å². The van der Waals surface area contributed by atoms with E-state index in [0.29, 0.717) is 6.04 Å². The summed E-state index contributed by atoms with van der Waals surface area (Å²) < 4.78 is 0. The lowest BCUT2D eigenvalue weighted by Crippen LogP contribution is -2.49. The van der Waals surface area contributed by atoms with E-state index in [4.69, 9.17) is 0 Å². The van der Waals surface area contributed by atoms with E-state index in [2.05, 4.69) is 59.5 Å². The van der Waals surface area contributed by atoms with Crippen molar-refractivity contribution in [1.29, 1.82) is 0 Å². The van der Waals surface area contributed by atoms with E-state index < -0.39 is 0 Å². The van der Waals surface area contributed by atoms with Crippen molar-refractivity contribution in [2.24, 2.45) is 0 Å². The van der Waals surface area contributed by atoms with E-state index in [1.807, 2.05) is 0 Å². The molecule has 1 unspecified atom stereocenters. The summed E-state index contributed by atoms with van der Waals surface area (Å²) in [6, 6.07) is 11.4. The Balaban J connectivity index is 1.63. The van der Waals surface area contributed by atoms with Crippen molar-refractivity contribution >= 4 is 0 Å². The summed E-state index contributed by atoms with van der Waals surface area (Å²) in [5, 5.41) is 3.61. The number of piperazine rings is 1. The van der Waals surface area contributed by atoms with Crippen molar-refractivity contribution in [1.82, 2.24) is 15.1 Å². The maximum Gasteiger partial charge on any atom is 0.0207 e. The van der Waals surface area contributed by atoms with E-state index in [1.54, 1.807) is 0 Å². The minimum Gasteiger partial charge on any atom is -0.311 e. The fourth-order valence-electron chi connectivity index (χ4n) is 2.64. The monoisotopic (exact) mass is 261 g/mol. The van der Waals surface area contributed by atoms with Gasteiger partial charge < -0.3 is 15.1 Å². The summed E-state index contributed by atoms with van der Waals surface area (Å²) >= 11 is 0. The van der Waals surface area contributed by atoms with Crippen molar-refractivity contribution in [3.8, 4) is 0 Å². The summed E-state index contributed by atoms with van der Waals surface area (Å²) in [5.41, 5.74) is 1.44. The number of nitrogens with zero attached hydrogens (tertiary/aromatic N) is 2. The Hall–Kier alpha value is -0.900. The quantitative estimate of drug-likeness (QED) is 0.836. The number of hydrogen-bond acceptors (Lipinski definition) is 3. The number of benzene rings is 1. The molecule has 1 aliphatic rings. The van der Waals surface area contributed by atoms with Crippen LogP contribution in [0.1, 0.15) is 12.0 Å². The van der Waals surface area contributed by atoms with Crippen LogP contribution in [0.5, 0.6) is 0 Å². The lowest BCUT2D eigenvalue weighted by molar-refractivity contribution is 0.214. The van der Waals surface area contributed by atoms with Crippen LogP contribution in [0.4, 0.5) is 0 Å². The van der Waals surface area contributed by atoms with E-state index in [-0.39, 0.29) is 0 Å². The second kappa shape index (κ2) is 7.63. The third-order valence-corrected chi connectivity index (χ3v) is 3.94. The first-order chi connectivity index (χ1) is 9.24. The molecule has 106 valence electrons. The molecule has 2 rings (SSSR count). The molecule has 1 heterocycles. The highest BCUT2D eigenvalue weighted by molar-refractivity contribution is 5.14. The molecule has 0 radical (unpaired) electrons. The van der Waals surface area contributed by atoms with E-state index in [9.17, 15) is 0 Å². The van der Waals surface area contributed by atoms with Crippen LogP contribution in [0.3, 0.4) is 0 Å². The third kappa shape index (κ3) is 5.31. The zero-order valence-electron chi connectivity index (χ0n) is 12.3. The minimum atomic E-state index is 0.665. The second-order valence-electron chi connectivity index (χ2n) is 5.74. The molecule has 3 nitrogen and oxygen atoms in total. The summed E-state index contributed by atoms with van der Waals surface area (Å²) in [7, 11) is 4.45. The minimum absolute atomic E-state index is 0.665. The van der Waals surface area contributed by atoms with E-state index >= 15 is 0 Å². The first-order valence-corrected chi connectivity index (χ1v) is 7.38. The smallest absolute Gasteiger partial charge is 0.0207 e. The molecule has 0 spiro atoms.